The van der Waals surface area contributed by atoms with E-state index in [2.05, 4.69) is 4.72 Å². The van der Waals surface area contributed by atoms with Crippen LogP contribution in [0, 0.1) is 19.8 Å². The third-order valence-corrected chi connectivity index (χ3v) is 5.24. The highest BCUT2D eigenvalue weighted by atomic mass is 32.2. The van der Waals surface area contributed by atoms with Crippen LogP contribution in [-0.4, -0.2) is 21.6 Å². The van der Waals surface area contributed by atoms with Gasteiger partial charge in [-0.25, -0.2) is 13.1 Å². The third-order valence-electron chi connectivity index (χ3n) is 3.54. The zero-order valence-corrected chi connectivity index (χ0v) is 13.3. The Labute approximate surface area is 116 Å². The van der Waals surface area contributed by atoms with E-state index in [4.69, 9.17) is 4.74 Å². The van der Waals surface area contributed by atoms with Crippen molar-refractivity contribution in [1.29, 1.82) is 0 Å². The summed E-state index contributed by atoms with van der Waals surface area (Å²) in [6, 6.07) is 3.18. The highest BCUT2D eigenvalue weighted by Gasteiger charge is 2.22. The van der Waals surface area contributed by atoms with E-state index in [1.165, 1.54) is 0 Å². The maximum absolute atomic E-state index is 12.4. The van der Waals surface area contributed by atoms with Crippen LogP contribution in [0.4, 0.5) is 0 Å². The van der Waals surface area contributed by atoms with Gasteiger partial charge in [0.2, 0.25) is 10.0 Å². The molecule has 0 aromatic heterocycles. The van der Waals surface area contributed by atoms with E-state index in [1.54, 1.807) is 26.2 Å². The monoisotopic (exact) mass is 285 g/mol. The molecule has 0 saturated heterocycles. The van der Waals surface area contributed by atoms with Crippen LogP contribution >= 0.6 is 0 Å². The van der Waals surface area contributed by atoms with Crippen molar-refractivity contribution in [2.24, 2.45) is 5.92 Å². The average molecular weight is 285 g/mol. The first-order valence-electron chi connectivity index (χ1n) is 6.37. The summed E-state index contributed by atoms with van der Waals surface area (Å²) in [4.78, 5) is 0.318. The van der Waals surface area contributed by atoms with Crippen LogP contribution in [0.3, 0.4) is 0 Å². The molecule has 1 N–H and O–H groups in total. The minimum absolute atomic E-state index is 0.105. The van der Waals surface area contributed by atoms with Gasteiger partial charge in [-0.2, -0.15) is 0 Å². The Balaban J connectivity index is 3.20. The molecule has 0 bridgehead atoms. The molecule has 0 fully saturated rings. The van der Waals surface area contributed by atoms with Gasteiger partial charge in [-0.3, -0.25) is 0 Å². The highest BCUT2D eigenvalue weighted by Crippen LogP contribution is 2.27. The summed E-state index contributed by atoms with van der Waals surface area (Å²) in [6.45, 7) is 9.50. The quantitative estimate of drug-likeness (QED) is 0.905. The van der Waals surface area contributed by atoms with Crippen LogP contribution < -0.4 is 9.46 Å². The highest BCUT2D eigenvalue weighted by molar-refractivity contribution is 7.89. The predicted octanol–water partition coefficient (Wildman–Crippen LogP) is 2.63. The Morgan fingerprint density at radius 2 is 1.68 bits per heavy atom. The molecule has 1 atom stereocenters. The van der Waals surface area contributed by atoms with Gasteiger partial charge >= 0.3 is 0 Å². The number of sulfonamides is 1. The van der Waals surface area contributed by atoms with Crippen molar-refractivity contribution in [2.45, 2.75) is 45.6 Å². The molecule has 0 amide bonds. The molecule has 1 rings (SSSR count). The lowest BCUT2D eigenvalue weighted by Crippen LogP contribution is -2.36. The van der Waals surface area contributed by atoms with Crippen molar-refractivity contribution in [3.8, 4) is 5.75 Å². The number of methoxy groups -OCH3 is 1. The van der Waals surface area contributed by atoms with Gasteiger partial charge in [-0.15, -0.1) is 0 Å². The van der Waals surface area contributed by atoms with Crippen LogP contribution in [0.1, 0.15) is 31.9 Å². The van der Waals surface area contributed by atoms with Crippen molar-refractivity contribution in [3.63, 3.8) is 0 Å². The molecular weight excluding hydrogens is 262 g/mol. The van der Waals surface area contributed by atoms with Crippen molar-refractivity contribution in [3.05, 3.63) is 23.3 Å². The Kier molecular flexibility index (Phi) is 4.98. The Morgan fingerprint density at radius 3 is 2.16 bits per heavy atom. The van der Waals surface area contributed by atoms with Gasteiger partial charge in [0.25, 0.3) is 0 Å². The Hall–Kier alpha value is -1.07. The fourth-order valence-electron chi connectivity index (χ4n) is 1.73. The molecule has 1 aromatic rings. The molecule has 0 aliphatic rings. The summed E-state index contributed by atoms with van der Waals surface area (Å²) < 4.78 is 32.6. The maximum atomic E-state index is 12.4. The van der Waals surface area contributed by atoms with Gasteiger partial charge < -0.3 is 4.74 Å². The second-order valence-corrected chi connectivity index (χ2v) is 6.85. The first-order chi connectivity index (χ1) is 8.70. The molecule has 5 heteroatoms. The van der Waals surface area contributed by atoms with Crippen molar-refractivity contribution in [2.75, 3.05) is 7.11 Å². The molecule has 0 heterocycles. The summed E-state index contributed by atoms with van der Waals surface area (Å²) in [5.74, 6) is 0.947. The summed E-state index contributed by atoms with van der Waals surface area (Å²) in [5, 5.41) is 0. The minimum atomic E-state index is -3.49. The molecule has 0 spiro atoms. The lowest BCUT2D eigenvalue weighted by atomic mass is 10.1. The first kappa shape index (κ1) is 16.0. The lowest BCUT2D eigenvalue weighted by Gasteiger charge is -2.19. The number of hydrogen-bond donors (Lipinski definition) is 1. The number of nitrogens with one attached hydrogen (secondary N) is 1. The Bertz CT molecular complexity index is 550. The lowest BCUT2D eigenvalue weighted by molar-refractivity contribution is 0.410. The van der Waals surface area contributed by atoms with Gasteiger partial charge in [0.1, 0.15) is 5.75 Å². The molecule has 108 valence electrons. The number of hydrogen-bond acceptors (Lipinski definition) is 3. The SMILES string of the molecule is COc1ccc(S(=O)(=O)N[C@H](C)C(C)C)c(C)c1C. The van der Waals surface area contributed by atoms with Crippen molar-refractivity contribution >= 4 is 10.0 Å². The molecule has 0 aliphatic heterocycles. The van der Waals surface area contributed by atoms with Crippen LogP contribution in [-0.2, 0) is 10.0 Å². The summed E-state index contributed by atoms with van der Waals surface area (Å²) >= 11 is 0. The predicted molar refractivity (Wildman–Crippen MR) is 77.1 cm³/mol. The molecule has 1 aromatic carbocycles. The van der Waals surface area contributed by atoms with Crippen LogP contribution in [0.5, 0.6) is 5.75 Å². The molecular formula is C14H23NO3S. The van der Waals surface area contributed by atoms with E-state index in [0.29, 0.717) is 10.6 Å². The zero-order chi connectivity index (χ0) is 14.8. The number of rotatable bonds is 5. The van der Waals surface area contributed by atoms with Gasteiger partial charge in [0.15, 0.2) is 0 Å². The molecule has 0 saturated carbocycles. The fourth-order valence-corrected chi connectivity index (χ4v) is 3.42. The van der Waals surface area contributed by atoms with Crippen LogP contribution in [0.25, 0.3) is 0 Å². The van der Waals surface area contributed by atoms with Crippen LogP contribution in [0.15, 0.2) is 17.0 Å². The van der Waals surface area contributed by atoms with Gasteiger partial charge in [-0.1, -0.05) is 13.8 Å². The normalized spacial score (nSPS) is 13.6. The number of benzene rings is 1. The largest absolute Gasteiger partial charge is 0.496 e. The van der Waals surface area contributed by atoms with Gasteiger partial charge in [-0.05, 0) is 49.9 Å². The van der Waals surface area contributed by atoms with E-state index in [0.717, 1.165) is 11.1 Å². The first-order valence-corrected chi connectivity index (χ1v) is 7.85. The van der Waals surface area contributed by atoms with E-state index < -0.39 is 10.0 Å². The van der Waals surface area contributed by atoms with E-state index in [-0.39, 0.29) is 12.0 Å². The van der Waals surface area contributed by atoms with E-state index in [9.17, 15) is 8.42 Å². The summed E-state index contributed by atoms with van der Waals surface area (Å²) in [7, 11) is -1.91. The van der Waals surface area contributed by atoms with Gasteiger partial charge in [0.05, 0.1) is 12.0 Å². The van der Waals surface area contributed by atoms with Crippen LogP contribution in [0.2, 0.25) is 0 Å². The topological polar surface area (TPSA) is 55.4 Å². The fraction of sp³-hybridized carbons (Fsp3) is 0.571. The minimum Gasteiger partial charge on any atom is -0.496 e. The van der Waals surface area contributed by atoms with Gasteiger partial charge in [0, 0.05) is 6.04 Å². The second kappa shape index (κ2) is 5.92. The second-order valence-electron chi connectivity index (χ2n) is 5.17. The van der Waals surface area contributed by atoms with E-state index >= 15 is 0 Å². The standard InChI is InChI=1S/C14H23NO3S/c1-9(2)12(5)15-19(16,17)14-8-7-13(18-6)10(3)11(14)4/h7-9,12,15H,1-6H3/t12-/m1/s1. The van der Waals surface area contributed by atoms with Crippen molar-refractivity contribution < 1.29 is 13.2 Å². The number of ether oxygens (including phenoxy) is 1. The molecule has 19 heavy (non-hydrogen) atoms. The van der Waals surface area contributed by atoms with Crippen molar-refractivity contribution in [1.82, 2.24) is 4.72 Å². The molecule has 0 aliphatic carbocycles. The average Bonchev–Trinajstić information content (AvgIpc) is 2.31. The molecule has 0 unspecified atom stereocenters. The summed E-state index contributed by atoms with van der Waals surface area (Å²) in [6.07, 6.45) is 0. The molecule has 0 radical (unpaired) electrons. The maximum Gasteiger partial charge on any atom is 0.241 e. The summed E-state index contributed by atoms with van der Waals surface area (Å²) in [5.41, 5.74) is 1.57. The molecule has 4 nitrogen and oxygen atoms in total. The smallest absolute Gasteiger partial charge is 0.241 e. The third kappa shape index (κ3) is 3.48. The van der Waals surface area contributed by atoms with E-state index in [1.807, 2.05) is 27.7 Å². The zero-order valence-electron chi connectivity index (χ0n) is 12.4. The Morgan fingerprint density at radius 1 is 1.11 bits per heavy atom.